The molecular formula is C18H21F3N2. The number of nitriles is 1. The Balaban J connectivity index is 1.96. The van der Waals surface area contributed by atoms with Crippen LogP contribution in [0, 0.1) is 29.1 Å². The zero-order valence-corrected chi connectivity index (χ0v) is 13.2. The summed E-state index contributed by atoms with van der Waals surface area (Å²) < 4.78 is 39.1. The number of anilines is 1. The molecule has 1 aromatic rings. The summed E-state index contributed by atoms with van der Waals surface area (Å²) in [5.74, 6) is 1.64. The number of piperidine rings is 1. The first-order valence-corrected chi connectivity index (χ1v) is 8.26. The molecule has 1 saturated heterocycles. The standard InChI is InChI=1S/C18H21F3N2/c1-12-14-4-2-3-5-15(12)11-23(10-14)17-8-16(18(19,20)21)7-6-13(17)9-22/h6-8,12,14-15H,2-5,10-11H2,1H3. The normalized spacial score (nSPS) is 28.1. The summed E-state index contributed by atoms with van der Waals surface area (Å²) in [6.45, 7) is 3.79. The summed E-state index contributed by atoms with van der Waals surface area (Å²) in [5.41, 5.74) is 0.114. The Morgan fingerprint density at radius 3 is 2.26 bits per heavy atom. The van der Waals surface area contributed by atoms with Crippen molar-refractivity contribution in [2.45, 2.75) is 38.8 Å². The Kier molecular flexibility index (Phi) is 4.27. The van der Waals surface area contributed by atoms with E-state index in [1.807, 2.05) is 4.90 Å². The Morgan fingerprint density at radius 2 is 1.74 bits per heavy atom. The van der Waals surface area contributed by atoms with Crippen molar-refractivity contribution in [2.75, 3.05) is 18.0 Å². The van der Waals surface area contributed by atoms with Gasteiger partial charge in [0.15, 0.2) is 0 Å². The molecule has 3 rings (SSSR count). The molecule has 2 bridgehead atoms. The lowest BCUT2D eigenvalue weighted by Gasteiger charge is -2.43. The number of alkyl halides is 3. The van der Waals surface area contributed by atoms with Crippen molar-refractivity contribution in [3.63, 3.8) is 0 Å². The quantitative estimate of drug-likeness (QED) is 0.740. The summed E-state index contributed by atoms with van der Waals surface area (Å²) in [5, 5.41) is 9.30. The van der Waals surface area contributed by atoms with Gasteiger partial charge in [0.2, 0.25) is 0 Å². The molecule has 5 heteroatoms. The highest BCUT2D eigenvalue weighted by Crippen LogP contribution is 2.41. The van der Waals surface area contributed by atoms with Crippen molar-refractivity contribution < 1.29 is 13.2 Å². The number of benzene rings is 1. The van der Waals surface area contributed by atoms with Gasteiger partial charge < -0.3 is 4.90 Å². The fourth-order valence-corrected chi connectivity index (χ4v) is 4.14. The lowest BCUT2D eigenvalue weighted by Crippen LogP contribution is -2.45. The van der Waals surface area contributed by atoms with Gasteiger partial charge in [0.1, 0.15) is 6.07 Å². The summed E-state index contributed by atoms with van der Waals surface area (Å²) in [6, 6.07) is 5.52. The fraction of sp³-hybridized carbons (Fsp3) is 0.611. The number of halogens is 3. The van der Waals surface area contributed by atoms with E-state index < -0.39 is 11.7 Å². The highest BCUT2D eigenvalue weighted by atomic mass is 19.4. The second-order valence-corrected chi connectivity index (χ2v) is 6.91. The van der Waals surface area contributed by atoms with Crippen LogP contribution in [-0.2, 0) is 6.18 Å². The minimum atomic E-state index is -4.38. The second kappa shape index (κ2) is 6.07. The van der Waals surface area contributed by atoms with Gasteiger partial charge >= 0.3 is 6.18 Å². The molecule has 1 heterocycles. The molecule has 0 N–H and O–H groups in total. The van der Waals surface area contributed by atoms with E-state index in [0.717, 1.165) is 38.1 Å². The maximum atomic E-state index is 13.0. The first kappa shape index (κ1) is 16.2. The summed E-state index contributed by atoms with van der Waals surface area (Å²) >= 11 is 0. The molecule has 2 unspecified atom stereocenters. The van der Waals surface area contributed by atoms with Crippen molar-refractivity contribution in [3.8, 4) is 6.07 Å². The molecule has 0 spiro atoms. The zero-order valence-electron chi connectivity index (χ0n) is 13.2. The van der Waals surface area contributed by atoms with Gasteiger partial charge in [-0.25, -0.2) is 0 Å². The van der Waals surface area contributed by atoms with E-state index in [4.69, 9.17) is 0 Å². The Hall–Kier alpha value is -1.70. The zero-order chi connectivity index (χ0) is 16.6. The maximum absolute atomic E-state index is 13.0. The second-order valence-electron chi connectivity index (χ2n) is 6.91. The van der Waals surface area contributed by atoms with Gasteiger partial charge in [0.25, 0.3) is 0 Å². The van der Waals surface area contributed by atoms with Gasteiger partial charge in [0, 0.05) is 13.1 Å². The molecule has 2 fully saturated rings. The molecule has 1 saturated carbocycles. The topological polar surface area (TPSA) is 27.0 Å². The molecule has 1 aliphatic carbocycles. The van der Waals surface area contributed by atoms with Gasteiger partial charge in [-0.3, -0.25) is 0 Å². The Labute approximate surface area is 134 Å². The number of hydrogen-bond acceptors (Lipinski definition) is 2. The SMILES string of the molecule is CC1C2CCCCC1CN(c1cc(C(F)(F)F)ccc1C#N)C2. The minimum Gasteiger partial charge on any atom is -0.370 e. The molecule has 23 heavy (non-hydrogen) atoms. The van der Waals surface area contributed by atoms with E-state index >= 15 is 0 Å². The molecule has 2 aliphatic rings. The minimum absolute atomic E-state index is 0.337. The third-order valence-electron chi connectivity index (χ3n) is 5.58. The van der Waals surface area contributed by atoms with E-state index in [-0.39, 0.29) is 0 Å². The van der Waals surface area contributed by atoms with Crippen LogP contribution in [0.3, 0.4) is 0 Å². The van der Waals surface area contributed by atoms with Crippen LogP contribution in [0.15, 0.2) is 18.2 Å². The first-order valence-electron chi connectivity index (χ1n) is 8.26. The van der Waals surface area contributed by atoms with Crippen molar-refractivity contribution in [1.29, 1.82) is 5.26 Å². The summed E-state index contributed by atoms with van der Waals surface area (Å²) in [7, 11) is 0. The van der Waals surface area contributed by atoms with Crippen molar-refractivity contribution in [2.24, 2.45) is 17.8 Å². The number of hydrogen-bond donors (Lipinski definition) is 0. The molecule has 2 nitrogen and oxygen atoms in total. The molecule has 2 atom stereocenters. The molecule has 0 aromatic heterocycles. The van der Waals surface area contributed by atoms with Crippen LogP contribution in [0.2, 0.25) is 0 Å². The average Bonchev–Trinajstić information content (AvgIpc) is 2.62. The first-order chi connectivity index (χ1) is 10.9. The highest BCUT2D eigenvalue weighted by Gasteiger charge is 2.37. The van der Waals surface area contributed by atoms with Gasteiger partial charge in [-0.05, 0) is 48.8 Å². The van der Waals surface area contributed by atoms with Crippen LogP contribution in [0.5, 0.6) is 0 Å². The fourth-order valence-electron chi connectivity index (χ4n) is 4.14. The average molecular weight is 322 g/mol. The molecule has 124 valence electrons. The van der Waals surface area contributed by atoms with Crippen LogP contribution in [0.1, 0.15) is 43.7 Å². The van der Waals surface area contributed by atoms with Gasteiger partial charge in [-0.15, -0.1) is 0 Å². The van der Waals surface area contributed by atoms with Crippen LogP contribution in [0.25, 0.3) is 0 Å². The smallest absolute Gasteiger partial charge is 0.370 e. The van der Waals surface area contributed by atoms with Gasteiger partial charge in [-0.1, -0.05) is 19.8 Å². The van der Waals surface area contributed by atoms with Crippen LogP contribution in [-0.4, -0.2) is 13.1 Å². The van der Waals surface area contributed by atoms with Crippen LogP contribution < -0.4 is 4.90 Å². The van der Waals surface area contributed by atoms with E-state index in [2.05, 4.69) is 13.0 Å². The lowest BCUT2D eigenvalue weighted by molar-refractivity contribution is -0.137. The highest BCUT2D eigenvalue weighted by molar-refractivity contribution is 5.61. The largest absolute Gasteiger partial charge is 0.416 e. The summed E-state index contributed by atoms with van der Waals surface area (Å²) in [4.78, 5) is 2.02. The van der Waals surface area contributed by atoms with Crippen LogP contribution >= 0.6 is 0 Å². The monoisotopic (exact) mass is 322 g/mol. The predicted octanol–water partition coefficient (Wildman–Crippen LogP) is 4.84. The molecule has 1 aromatic carbocycles. The molecule has 0 radical (unpaired) electrons. The summed E-state index contributed by atoms with van der Waals surface area (Å²) in [6.07, 6.45) is 0.294. The van der Waals surface area contributed by atoms with Gasteiger partial charge in [-0.2, -0.15) is 18.4 Å². The molecule has 1 aliphatic heterocycles. The third kappa shape index (κ3) is 3.17. The van der Waals surface area contributed by atoms with E-state index in [1.165, 1.54) is 18.9 Å². The van der Waals surface area contributed by atoms with Crippen molar-refractivity contribution in [3.05, 3.63) is 29.3 Å². The maximum Gasteiger partial charge on any atom is 0.416 e. The lowest BCUT2D eigenvalue weighted by atomic mass is 9.78. The Morgan fingerprint density at radius 1 is 1.13 bits per heavy atom. The Bertz CT molecular complexity index is 602. The molecule has 0 amide bonds. The molecular weight excluding hydrogens is 301 g/mol. The van der Waals surface area contributed by atoms with Crippen molar-refractivity contribution in [1.82, 2.24) is 0 Å². The van der Waals surface area contributed by atoms with E-state index in [9.17, 15) is 18.4 Å². The predicted molar refractivity (Wildman–Crippen MR) is 83.0 cm³/mol. The van der Waals surface area contributed by atoms with Crippen molar-refractivity contribution >= 4 is 5.69 Å². The van der Waals surface area contributed by atoms with E-state index in [0.29, 0.717) is 29.0 Å². The van der Waals surface area contributed by atoms with E-state index in [1.54, 1.807) is 0 Å². The number of nitrogens with zero attached hydrogens (tertiary/aromatic N) is 2. The van der Waals surface area contributed by atoms with Crippen LogP contribution in [0.4, 0.5) is 18.9 Å². The number of fused-ring (bicyclic) bond motifs is 2. The van der Waals surface area contributed by atoms with Gasteiger partial charge in [0.05, 0.1) is 16.8 Å². The third-order valence-corrected chi connectivity index (χ3v) is 5.58. The number of rotatable bonds is 1.